The molecule has 2 aliphatic heterocycles. The number of nitrogens with one attached hydrogen (secondary N) is 2. The van der Waals surface area contributed by atoms with Gasteiger partial charge in [-0.05, 0) is 92.8 Å². The highest BCUT2D eigenvalue weighted by Gasteiger charge is 2.43. The monoisotopic (exact) mass is 967 g/mol. The molecular weight excluding hydrogens is 893 g/mol. The maximum absolute atomic E-state index is 14.3. The summed E-state index contributed by atoms with van der Waals surface area (Å²) in [5.74, 6) is 0.654. The van der Waals surface area contributed by atoms with Crippen molar-refractivity contribution in [2.75, 3.05) is 28.7 Å². The van der Waals surface area contributed by atoms with Crippen LogP contribution in [0.15, 0.2) is 96.8 Å². The lowest BCUT2D eigenvalue weighted by Gasteiger charge is -2.36. The molecule has 0 bridgehead atoms. The van der Waals surface area contributed by atoms with E-state index in [4.69, 9.17) is 4.98 Å². The summed E-state index contributed by atoms with van der Waals surface area (Å²) in [7, 11) is 1.78. The minimum atomic E-state index is -0.649. The van der Waals surface area contributed by atoms with Crippen molar-refractivity contribution in [3.63, 3.8) is 0 Å². The number of amides is 2. The van der Waals surface area contributed by atoms with E-state index in [9.17, 15) is 19.5 Å². The average molecular weight is 967 g/mol. The van der Waals surface area contributed by atoms with Gasteiger partial charge in [-0.3, -0.25) is 14.4 Å². The lowest BCUT2D eigenvalue weighted by Crippen LogP contribution is -2.47. The number of aryl methyl sites for hydroxylation is 2. The third-order valence-corrected chi connectivity index (χ3v) is 15.2. The highest BCUT2D eigenvalue weighted by atomic mass is 32.1. The van der Waals surface area contributed by atoms with Crippen molar-refractivity contribution in [1.29, 1.82) is 0 Å². The second-order valence-electron chi connectivity index (χ2n) is 20.5. The lowest BCUT2D eigenvalue weighted by molar-refractivity contribution is -0.142. The van der Waals surface area contributed by atoms with E-state index in [0.29, 0.717) is 41.6 Å². The number of anilines is 5. The zero-order chi connectivity index (χ0) is 50.1. The molecule has 2 aromatic heterocycles. The van der Waals surface area contributed by atoms with Gasteiger partial charge in [-0.25, -0.2) is 9.97 Å². The van der Waals surface area contributed by atoms with Gasteiger partial charge in [0, 0.05) is 62.2 Å². The number of Topliss-reactive ketones (excluding diaryl/α,β-unsaturated/α-hetero) is 1. The number of aliphatic hydroxyl groups is 1. The van der Waals surface area contributed by atoms with E-state index in [-0.39, 0.29) is 48.7 Å². The first-order chi connectivity index (χ1) is 33.5. The number of likely N-dealkylation sites (tertiary alicyclic amines) is 1. The molecule has 7 rings (SSSR count). The fourth-order valence-electron chi connectivity index (χ4n) is 9.80. The molecule has 2 aliphatic rings. The van der Waals surface area contributed by atoms with Crippen LogP contribution >= 0.6 is 11.3 Å². The van der Waals surface area contributed by atoms with Crippen LogP contribution in [0.3, 0.4) is 0 Å². The van der Waals surface area contributed by atoms with Gasteiger partial charge in [-0.15, -0.1) is 11.3 Å². The van der Waals surface area contributed by atoms with Crippen LogP contribution < -0.4 is 20.4 Å². The van der Waals surface area contributed by atoms with Crippen molar-refractivity contribution in [2.45, 2.75) is 150 Å². The van der Waals surface area contributed by atoms with Gasteiger partial charge < -0.3 is 30.4 Å². The Labute approximate surface area is 420 Å². The number of carbonyl (C=O) groups is 3. The van der Waals surface area contributed by atoms with E-state index in [1.807, 2.05) is 57.5 Å². The molecule has 0 radical (unpaired) electrons. The summed E-state index contributed by atoms with van der Waals surface area (Å²) in [6.07, 6.45) is 11.5. The molecule has 1 fully saturated rings. The summed E-state index contributed by atoms with van der Waals surface area (Å²) >= 11 is 1.63. The number of aromatic nitrogens is 3. The number of benzene rings is 3. The van der Waals surface area contributed by atoms with Gasteiger partial charge in [0.1, 0.15) is 11.5 Å². The molecule has 3 aromatic carbocycles. The van der Waals surface area contributed by atoms with Gasteiger partial charge in [0.2, 0.25) is 11.9 Å². The van der Waals surface area contributed by atoms with Crippen LogP contribution in [0.1, 0.15) is 145 Å². The van der Waals surface area contributed by atoms with Crippen LogP contribution in [0.25, 0.3) is 10.4 Å². The number of aliphatic hydroxyl groups excluding tert-OH is 1. The molecule has 4 heterocycles. The van der Waals surface area contributed by atoms with E-state index in [0.717, 1.165) is 90.9 Å². The molecule has 0 aliphatic carbocycles. The van der Waals surface area contributed by atoms with E-state index in [2.05, 4.69) is 101 Å². The molecule has 3 N–H and O–H groups in total. The minimum absolute atomic E-state index is 0.0537. The minimum Gasteiger partial charge on any atom is -0.391 e. The summed E-state index contributed by atoms with van der Waals surface area (Å²) in [4.78, 5) is 61.8. The molecule has 5 aromatic rings. The number of hydrogen-bond acceptors (Lipinski definition) is 11. The number of rotatable bonds is 22. The van der Waals surface area contributed by atoms with Gasteiger partial charge >= 0.3 is 0 Å². The second-order valence-corrected chi connectivity index (χ2v) is 21.4. The number of thiazole rings is 1. The Hall–Kier alpha value is -5.92. The third-order valence-electron chi connectivity index (χ3n) is 14.3. The largest absolute Gasteiger partial charge is 0.391 e. The highest BCUT2D eigenvalue weighted by molar-refractivity contribution is 7.13. The molecule has 0 saturated carbocycles. The van der Waals surface area contributed by atoms with Crippen LogP contribution in [-0.4, -0.2) is 74.3 Å². The van der Waals surface area contributed by atoms with Crippen molar-refractivity contribution < 1.29 is 19.5 Å². The third kappa shape index (κ3) is 12.5. The zero-order valence-corrected chi connectivity index (χ0v) is 43.4. The summed E-state index contributed by atoms with van der Waals surface area (Å²) in [5, 5.41) is 17.7. The first-order valence-corrected chi connectivity index (χ1v) is 26.3. The van der Waals surface area contributed by atoms with Gasteiger partial charge in [-0.1, -0.05) is 115 Å². The van der Waals surface area contributed by atoms with Crippen molar-refractivity contribution in [3.05, 3.63) is 119 Å². The molecule has 2 amide bonds. The van der Waals surface area contributed by atoms with Crippen LogP contribution in [0, 0.1) is 18.3 Å². The Kier molecular flexibility index (Phi) is 17.3. The predicted octanol–water partition coefficient (Wildman–Crippen LogP) is 12.3. The molecule has 13 heteroatoms. The summed E-state index contributed by atoms with van der Waals surface area (Å²) in [6, 6.07) is 24.3. The summed E-state index contributed by atoms with van der Waals surface area (Å²) < 4.78 is 0. The molecule has 5 atom stereocenters. The first kappa shape index (κ1) is 51.9. The number of unbranched alkanes of at least 4 members (excludes halogenated alkanes) is 6. The Bertz CT molecular complexity index is 2590. The van der Waals surface area contributed by atoms with Crippen LogP contribution in [0.5, 0.6) is 0 Å². The van der Waals surface area contributed by atoms with Gasteiger partial charge in [0.15, 0.2) is 5.82 Å². The van der Waals surface area contributed by atoms with Gasteiger partial charge in [-0.2, -0.15) is 4.98 Å². The van der Waals surface area contributed by atoms with Gasteiger partial charge in [0.25, 0.3) is 5.91 Å². The molecule has 1 saturated heterocycles. The fourth-order valence-corrected chi connectivity index (χ4v) is 10.6. The fraction of sp³-hybridized carbons (Fsp3) is 0.474. The summed E-state index contributed by atoms with van der Waals surface area (Å²) in [6.45, 7) is 19.1. The lowest BCUT2D eigenvalue weighted by atomic mass is 9.76. The summed E-state index contributed by atoms with van der Waals surface area (Å²) in [5.41, 5.74) is 9.75. The van der Waals surface area contributed by atoms with E-state index in [1.165, 1.54) is 5.56 Å². The molecule has 70 heavy (non-hydrogen) atoms. The maximum atomic E-state index is 14.3. The predicted molar refractivity (Wildman–Crippen MR) is 285 cm³/mol. The molecule has 372 valence electrons. The van der Waals surface area contributed by atoms with E-state index in [1.54, 1.807) is 34.4 Å². The number of β-amino-alcohol motifs (C(OH)–C–C–N with tert-alkyl or cyclic N) is 1. The smallest absolute Gasteiger partial charge is 0.260 e. The SMILES string of the molecule is C=C(N[C@@H](C)c1ccc(-c2scnc2C)cc1)[C@@H]1C[C@@H](O)CN1C(=O)[C@@H](CC(=O)CCCCCCCCCc1ccc(Nc2ncc3c(n2)N(C(C)CC)c2ccccc2C(=O)N3C)cc1)C(C)(C)C. The number of nitrogens with zero attached hydrogens (tertiary/aromatic N) is 6. The molecule has 12 nitrogen and oxygen atoms in total. The Morgan fingerprint density at radius 1 is 0.914 bits per heavy atom. The number of fused-ring (bicyclic) bond motifs is 2. The first-order valence-electron chi connectivity index (χ1n) is 25.4. The molecular formula is C57H74N8O4S. The van der Waals surface area contributed by atoms with Crippen LogP contribution in [0.4, 0.5) is 28.8 Å². The number of hydrogen-bond donors (Lipinski definition) is 3. The van der Waals surface area contributed by atoms with Gasteiger partial charge in [0.05, 0.1) is 45.7 Å². The zero-order valence-electron chi connectivity index (χ0n) is 42.6. The van der Waals surface area contributed by atoms with E-state index >= 15 is 0 Å². The Balaban J connectivity index is 0.812. The van der Waals surface area contributed by atoms with Crippen molar-refractivity contribution in [2.24, 2.45) is 11.3 Å². The normalized spacial score (nSPS) is 17.1. The van der Waals surface area contributed by atoms with Crippen molar-refractivity contribution >= 4 is 57.8 Å². The maximum Gasteiger partial charge on any atom is 0.260 e. The Morgan fingerprint density at radius 2 is 1.60 bits per heavy atom. The number of ketones is 1. The van der Waals surface area contributed by atoms with Crippen molar-refractivity contribution in [3.8, 4) is 10.4 Å². The standard InChI is InChI=1S/C57H74N8O4S/c1-10-37(2)65-49-23-19-18-22-47(49)54(68)63(9)51-34-58-56(62-53(51)65)61-44-30-24-41(25-31-44)20-16-14-12-11-13-15-17-21-45(66)32-48(57(6,7)8)55(69)64-35-46(67)33-50(64)39(4)60-38(3)42-26-28-43(29-27-42)52-40(5)59-36-70-52/h18-19,22-31,34,36-38,46,48,50,60,67H,4,10-17,20-21,32-33,35H2,1-3,5-9H3,(H,58,61,62)/t37?,38-,46+,48+,50-/m0/s1. The Morgan fingerprint density at radius 3 is 2.27 bits per heavy atom. The van der Waals surface area contributed by atoms with Crippen LogP contribution in [-0.2, 0) is 16.0 Å². The quantitative estimate of drug-likeness (QED) is 0.0574. The van der Waals surface area contributed by atoms with Crippen LogP contribution in [0.2, 0.25) is 0 Å². The van der Waals surface area contributed by atoms with E-state index < -0.39 is 17.4 Å². The number of carbonyl (C=O) groups excluding carboxylic acids is 3. The number of para-hydroxylation sites is 1. The molecule has 0 spiro atoms. The average Bonchev–Trinajstić information content (AvgIpc) is 3.95. The van der Waals surface area contributed by atoms with Crippen molar-refractivity contribution in [1.82, 2.24) is 25.2 Å². The molecule has 1 unspecified atom stereocenters. The highest BCUT2D eigenvalue weighted by Crippen LogP contribution is 2.41. The topological polar surface area (TPSA) is 144 Å². The second kappa shape index (κ2) is 23.3.